The molecule has 0 amide bonds. The first-order chi connectivity index (χ1) is 10.4. The van der Waals surface area contributed by atoms with Crippen LogP contribution in [0.3, 0.4) is 0 Å². The molecule has 0 spiro atoms. The zero-order valence-corrected chi connectivity index (χ0v) is 15.1. The summed E-state index contributed by atoms with van der Waals surface area (Å²) in [6.07, 6.45) is 0. The molecule has 0 heterocycles. The van der Waals surface area contributed by atoms with E-state index in [4.69, 9.17) is 0 Å². The number of hydrogen-bond acceptors (Lipinski definition) is 2. The Labute approximate surface area is 138 Å². The van der Waals surface area contributed by atoms with Gasteiger partial charge in [0.15, 0.2) is 0 Å². The molecule has 4 heteroatoms. The summed E-state index contributed by atoms with van der Waals surface area (Å²) in [5, 5.41) is 1.37. The van der Waals surface area contributed by atoms with E-state index in [0.717, 1.165) is 20.1 Å². The second-order valence-electron chi connectivity index (χ2n) is 5.04. The molecule has 0 aliphatic rings. The fourth-order valence-corrected chi connectivity index (χ4v) is 5.56. The van der Waals surface area contributed by atoms with Crippen LogP contribution in [-0.2, 0) is 9.84 Å². The Hall–Kier alpha value is -1.61. The van der Waals surface area contributed by atoms with Crippen LogP contribution in [0.5, 0.6) is 0 Å². The van der Waals surface area contributed by atoms with Gasteiger partial charge in [-0.1, -0.05) is 0 Å². The minimum absolute atomic E-state index is 0.0785. The van der Waals surface area contributed by atoms with Crippen LogP contribution in [0.2, 0.25) is 0 Å². The first kappa shape index (κ1) is 16.8. The van der Waals surface area contributed by atoms with Crippen molar-refractivity contribution in [2.75, 3.05) is 0 Å². The maximum absolute atomic E-state index is 12.5. The van der Waals surface area contributed by atoms with E-state index in [1.165, 1.54) is 5.41 Å². The van der Waals surface area contributed by atoms with Gasteiger partial charge in [-0.15, -0.1) is 0 Å². The molecule has 0 saturated heterocycles. The molecule has 0 aromatic heterocycles. The molecule has 2 aromatic rings. The molecule has 0 aliphatic carbocycles. The van der Waals surface area contributed by atoms with Crippen molar-refractivity contribution in [3.8, 4) is 0 Å². The van der Waals surface area contributed by atoms with Crippen molar-refractivity contribution in [1.29, 1.82) is 0 Å². The van der Waals surface area contributed by atoms with E-state index in [9.17, 15) is 8.42 Å². The zero-order valence-electron chi connectivity index (χ0n) is 12.6. The van der Waals surface area contributed by atoms with E-state index in [2.05, 4.69) is 6.58 Å². The van der Waals surface area contributed by atoms with Gasteiger partial charge in [0, 0.05) is 0 Å². The van der Waals surface area contributed by atoms with E-state index in [1.807, 2.05) is 56.3 Å². The summed E-state index contributed by atoms with van der Waals surface area (Å²) in [7, 11) is -3.45. The average Bonchev–Trinajstić information content (AvgIpc) is 2.48. The molecule has 0 fully saturated rings. The van der Waals surface area contributed by atoms with Gasteiger partial charge in [0.1, 0.15) is 0 Å². The minimum atomic E-state index is -3.45. The molecule has 0 N–H and O–H groups in total. The second-order valence-corrected chi connectivity index (χ2v) is 9.17. The fraction of sp³-hybridized carbons (Fsp3) is 0.111. The molecule has 2 rings (SSSR count). The third-order valence-electron chi connectivity index (χ3n) is 3.00. The van der Waals surface area contributed by atoms with E-state index in [1.54, 1.807) is 12.1 Å². The van der Waals surface area contributed by atoms with Crippen LogP contribution in [0.4, 0.5) is 0 Å². The molecule has 0 radical (unpaired) electrons. The van der Waals surface area contributed by atoms with Gasteiger partial charge >= 0.3 is 139 Å². The van der Waals surface area contributed by atoms with Crippen LogP contribution < -0.4 is 4.46 Å². The van der Waals surface area contributed by atoms with Crippen molar-refractivity contribution >= 4 is 29.3 Å². The van der Waals surface area contributed by atoms with Crippen LogP contribution in [0, 0.1) is 6.92 Å². The van der Waals surface area contributed by atoms with E-state index in [-0.39, 0.29) is 15.0 Å². The predicted octanol–water partition coefficient (Wildman–Crippen LogP) is 3.22. The van der Waals surface area contributed by atoms with E-state index < -0.39 is 9.84 Å². The Kier molecular flexibility index (Phi) is 5.41. The van der Waals surface area contributed by atoms with Gasteiger partial charge in [-0.2, -0.15) is 0 Å². The first-order valence-electron chi connectivity index (χ1n) is 6.81. The van der Waals surface area contributed by atoms with Crippen LogP contribution in [0.25, 0.3) is 0 Å². The SMILES string of the molecule is C=C(C)/C(=C\S(=O)(=O)c1ccc(C)cc1)[Se]c1ccccc1. The number of aryl methyl sites for hydroxylation is 1. The van der Waals surface area contributed by atoms with Crippen molar-refractivity contribution in [1.82, 2.24) is 0 Å². The monoisotopic (exact) mass is 378 g/mol. The molecule has 0 saturated carbocycles. The van der Waals surface area contributed by atoms with Gasteiger partial charge in [0.2, 0.25) is 0 Å². The molecule has 0 unspecified atom stereocenters. The summed E-state index contributed by atoms with van der Waals surface area (Å²) in [6.45, 7) is 7.71. The quantitative estimate of drug-likeness (QED) is 0.592. The van der Waals surface area contributed by atoms with E-state index in [0.29, 0.717) is 4.90 Å². The Bertz CT molecular complexity index is 789. The van der Waals surface area contributed by atoms with Gasteiger partial charge in [-0.25, -0.2) is 0 Å². The molecular formula is C18H18O2SSe. The predicted molar refractivity (Wildman–Crippen MR) is 93.1 cm³/mol. The van der Waals surface area contributed by atoms with E-state index >= 15 is 0 Å². The van der Waals surface area contributed by atoms with Crippen molar-refractivity contribution in [3.63, 3.8) is 0 Å². The van der Waals surface area contributed by atoms with Crippen molar-refractivity contribution < 1.29 is 8.42 Å². The van der Waals surface area contributed by atoms with Gasteiger partial charge in [0.05, 0.1) is 0 Å². The summed E-state index contributed by atoms with van der Waals surface area (Å²) < 4.78 is 27.0. The van der Waals surface area contributed by atoms with Crippen LogP contribution in [0.15, 0.2) is 81.5 Å². The Morgan fingerprint density at radius 3 is 2.18 bits per heavy atom. The number of sulfone groups is 1. The molecule has 0 bridgehead atoms. The normalized spacial score (nSPS) is 12.2. The van der Waals surface area contributed by atoms with Gasteiger partial charge < -0.3 is 0 Å². The summed E-state index contributed by atoms with van der Waals surface area (Å²) in [6, 6.07) is 16.8. The van der Waals surface area contributed by atoms with Crippen molar-refractivity contribution in [2.24, 2.45) is 0 Å². The summed E-state index contributed by atoms with van der Waals surface area (Å²) in [4.78, 5) is 0.320. The topological polar surface area (TPSA) is 34.1 Å². The van der Waals surface area contributed by atoms with Gasteiger partial charge in [-0.05, 0) is 0 Å². The number of allylic oxidation sites excluding steroid dienone is 2. The Morgan fingerprint density at radius 2 is 1.64 bits per heavy atom. The van der Waals surface area contributed by atoms with Crippen LogP contribution >= 0.6 is 0 Å². The summed E-state index contributed by atoms with van der Waals surface area (Å²) in [5.74, 6) is 0. The number of hydrogen-bond donors (Lipinski definition) is 0. The van der Waals surface area contributed by atoms with Gasteiger partial charge in [0.25, 0.3) is 0 Å². The summed E-state index contributed by atoms with van der Waals surface area (Å²) in [5.41, 5.74) is 1.83. The second kappa shape index (κ2) is 7.10. The molecule has 22 heavy (non-hydrogen) atoms. The Morgan fingerprint density at radius 1 is 1.05 bits per heavy atom. The number of rotatable bonds is 5. The van der Waals surface area contributed by atoms with Crippen LogP contribution in [0.1, 0.15) is 12.5 Å². The third kappa shape index (κ3) is 4.44. The standard InChI is InChI=1S/C18H18O2SSe/c1-14(2)18(22-17-7-5-4-6-8-17)13-21(19,20)16-11-9-15(3)10-12-16/h4-13H,1H2,2-3H3/b18-13+. The fourth-order valence-electron chi connectivity index (χ4n) is 1.76. The third-order valence-corrected chi connectivity index (χ3v) is 7.32. The molecule has 2 aromatic carbocycles. The van der Waals surface area contributed by atoms with Gasteiger partial charge in [-0.3, -0.25) is 0 Å². The Balaban J connectivity index is 2.37. The van der Waals surface area contributed by atoms with Crippen molar-refractivity contribution in [3.05, 3.63) is 82.2 Å². The maximum atomic E-state index is 12.5. The molecule has 0 atom stereocenters. The molecule has 0 aliphatic heterocycles. The van der Waals surface area contributed by atoms with Crippen molar-refractivity contribution in [2.45, 2.75) is 18.7 Å². The molecule has 2 nitrogen and oxygen atoms in total. The zero-order chi connectivity index (χ0) is 16.2. The molecule has 114 valence electrons. The molecular weight excluding hydrogens is 359 g/mol. The first-order valence-corrected chi connectivity index (χ1v) is 10.1. The number of benzene rings is 2. The summed E-state index contributed by atoms with van der Waals surface area (Å²) >= 11 is -0.0785. The average molecular weight is 377 g/mol. The van der Waals surface area contributed by atoms with Crippen LogP contribution in [-0.4, -0.2) is 23.4 Å².